The van der Waals surface area contributed by atoms with Gasteiger partial charge in [-0.15, -0.1) is 5.10 Å². The highest BCUT2D eigenvalue weighted by Gasteiger charge is 2.63. The average Bonchev–Trinajstić information content (AvgIpc) is 0.857. The molecule has 127 heavy (non-hydrogen) atoms. The number of thiol groups is 1. The molecule has 25 atom stereocenters. The van der Waals surface area contributed by atoms with E-state index in [4.69, 9.17) is 131 Å². The Labute approximate surface area is 734 Å². The number of nitrogens with zero attached hydrogens (tertiary/aromatic N) is 3. The van der Waals surface area contributed by atoms with E-state index in [1.54, 1.807) is 10.8 Å². The molecule has 58 nitrogen and oxygen atoms in total. The minimum atomic E-state index is -6.23. The molecule has 0 spiro atoms. The molecule has 0 aromatic carbocycles. The van der Waals surface area contributed by atoms with Crippen molar-refractivity contribution < 1.29 is 246 Å². The predicted octanol–water partition coefficient (Wildman–Crippen LogP) is -6.19. The Kier molecular flexibility index (Phi) is 47.8. The van der Waals surface area contributed by atoms with Gasteiger partial charge in [-0.3, -0.25) is 36.8 Å². The molecule has 6 heterocycles. The summed E-state index contributed by atoms with van der Waals surface area (Å²) in [7, 11) is -28.7. The molecule has 5 aliphatic rings. The molecule has 740 valence electrons. The first-order chi connectivity index (χ1) is 59.9. The third-order valence-corrected chi connectivity index (χ3v) is 21.3. The molecule has 5 unspecified atom stereocenters. The predicted molar refractivity (Wildman–Crippen MR) is 407 cm³/mol. The van der Waals surface area contributed by atoms with Gasteiger partial charge in [0.1, 0.15) is 110 Å². The molecular formula is C62H106N4O54S7. The molecule has 5 fully saturated rings. The molecular weight excluding hydrogens is 1890 g/mol. The third-order valence-electron chi connectivity index (χ3n) is 18.4. The maximum absolute atomic E-state index is 13.8. The van der Waals surface area contributed by atoms with Gasteiger partial charge < -0.3 is 134 Å². The van der Waals surface area contributed by atoms with Crippen LogP contribution >= 0.6 is 12.9 Å². The van der Waals surface area contributed by atoms with Gasteiger partial charge in [-0.2, -0.15) is 50.5 Å². The van der Waals surface area contributed by atoms with Crippen molar-refractivity contribution >= 4 is 93.1 Å². The van der Waals surface area contributed by atoms with Gasteiger partial charge in [0.15, 0.2) is 55.9 Å². The second-order valence-corrected chi connectivity index (χ2v) is 33.5. The van der Waals surface area contributed by atoms with Crippen LogP contribution in [0.1, 0.15) is 31.4 Å². The standard InChI is InChI=1S/C62H106N4O54S7/c1-91-40-36(31-106-122(73,74)75)108-58(39(43(40)92-2)63-38(68)33-104-27-25-102-23-21-100-19-17-98-16-18-99-20-22-101-24-26-103-29-34-28-66(65-64-34)14-12-10-8-9-11-13-15-67)113-46-44(93-3)52(95-5)61(115-50(46)56(69)70)112-42-37(32-107-123(76,77)78)110-62(55(120-127(88,89)90)49(42)118-125(82,83)84)114-47-45(94-4)53(96-6)60(116-51(47)57(71)72)111-41-35(30-105-121)109-59(97-7)54(119-126(85,86)87)48(41)117-124(79,80)81/h11,13,28,35-37,39-55,58-62,67,121H,8-10,12,14-27,29-33H2,1-7H3,(H,63,68)(H,69,70)(H,71,72)(H,73,74,75)(H,76,77,78)(H,79,80,81)(H,82,83,84)(H,85,86,87)(H,88,89,90)/b13-11+/t35-,36-,37-,39-,40-,41?,42?,43-,44+,45+,46+,47+,48+,49+,50+,51-,52-,53-,54-,55-,58?,59?,60-,61-,62?/m1/s1. The number of carboxylic acid groups (broad SMARTS) is 2. The van der Waals surface area contributed by atoms with Gasteiger partial charge in [-0.05, 0) is 32.2 Å². The number of aliphatic hydroxyl groups excluding tert-OH is 1. The fourth-order valence-corrected chi connectivity index (χ4v) is 16.0. The van der Waals surface area contributed by atoms with E-state index >= 15 is 0 Å². The Hall–Kier alpha value is -4.14. The van der Waals surface area contributed by atoms with Crippen LogP contribution in [0.4, 0.5) is 0 Å². The van der Waals surface area contributed by atoms with E-state index in [9.17, 15) is 102 Å². The van der Waals surface area contributed by atoms with Gasteiger partial charge in [0.2, 0.25) is 5.91 Å². The first kappa shape index (κ1) is 112. The van der Waals surface area contributed by atoms with Gasteiger partial charge in [-0.25, -0.2) is 34.7 Å². The van der Waals surface area contributed by atoms with Crippen molar-refractivity contribution in [1.29, 1.82) is 0 Å². The molecule has 5 saturated heterocycles. The van der Waals surface area contributed by atoms with Crippen molar-refractivity contribution in [2.24, 2.45) is 0 Å². The lowest BCUT2D eigenvalue weighted by atomic mass is 9.94. The first-order valence-corrected chi connectivity index (χ1v) is 46.2. The van der Waals surface area contributed by atoms with Crippen LogP contribution in [0.3, 0.4) is 0 Å². The number of rotatable bonds is 63. The fourth-order valence-electron chi connectivity index (χ4n) is 13.3. The van der Waals surface area contributed by atoms with Crippen molar-refractivity contribution in [3.63, 3.8) is 0 Å². The minimum Gasteiger partial charge on any atom is -0.479 e. The van der Waals surface area contributed by atoms with Crippen LogP contribution in [0, 0.1) is 0 Å². The number of allylic oxidation sites excluding steroid dienone is 1. The lowest BCUT2D eigenvalue weighted by molar-refractivity contribution is -0.385. The molecule has 1 aromatic heterocycles. The van der Waals surface area contributed by atoms with Gasteiger partial charge in [0.25, 0.3) is 0 Å². The van der Waals surface area contributed by atoms with Crippen LogP contribution < -0.4 is 5.32 Å². The van der Waals surface area contributed by atoms with Gasteiger partial charge in [-0.1, -0.05) is 23.8 Å². The topological polar surface area (TPSA) is 758 Å². The number of hydrogen-bond acceptors (Lipinski definition) is 49. The molecule has 0 radical (unpaired) electrons. The summed E-state index contributed by atoms with van der Waals surface area (Å²) in [6.45, 7) is -1.22. The highest BCUT2D eigenvalue weighted by atomic mass is 32.3. The van der Waals surface area contributed by atoms with Crippen LogP contribution in [0.5, 0.6) is 0 Å². The zero-order valence-corrected chi connectivity index (χ0v) is 74.4. The van der Waals surface area contributed by atoms with Crippen molar-refractivity contribution in [2.75, 3.05) is 162 Å². The number of aromatic nitrogens is 3. The van der Waals surface area contributed by atoms with E-state index in [1.165, 1.54) is 0 Å². The highest BCUT2D eigenvalue weighted by molar-refractivity contribution is 7.82. The van der Waals surface area contributed by atoms with Crippen molar-refractivity contribution in [2.45, 2.75) is 192 Å². The average molecular weight is 2000 g/mol. The lowest BCUT2D eigenvalue weighted by Gasteiger charge is -2.51. The largest absolute Gasteiger partial charge is 0.479 e. The Balaban J connectivity index is 1.14. The van der Waals surface area contributed by atoms with Gasteiger partial charge >= 0.3 is 74.3 Å². The molecule has 6 rings (SSSR count). The number of hydrogen-bond donors (Lipinski definition) is 11. The fraction of sp³-hybridized carbons (Fsp3) is 0.887. The second kappa shape index (κ2) is 54.4. The number of unbranched alkanes of at least 4 members (excludes halogenated alkanes) is 3. The zero-order chi connectivity index (χ0) is 94.0. The number of aryl methyl sites for hydroxylation is 1. The summed E-state index contributed by atoms with van der Waals surface area (Å²) in [5.41, 5.74) is 0.707. The van der Waals surface area contributed by atoms with Crippen LogP contribution in [0.25, 0.3) is 0 Å². The third kappa shape index (κ3) is 37.9. The summed E-state index contributed by atoms with van der Waals surface area (Å²) in [5.74, 6) is -5.24. The number of carbonyl (C=O) groups excluding carboxylic acids is 1. The second-order valence-electron chi connectivity index (χ2n) is 26.9. The number of nitrogens with one attached hydrogen (secondary N) is 1. The maximum Gasteiger partial charge on any atom is 0.397 e. The van der Waals surface area contributed by atoms with E-state index in [2.05, 4.69) is 41.1 Å². The molecule has 10 N–H and O–H groups in total. The van der Waals surface area contributed by atoms with E-state index in [0.29, 0.717) is 38.7 Å². The Bertz CT molecular complexity index is 4190. The zero-order valence-electron chi connectivity index (χ0n) is 68.6. The number of aliphatic hydroxyl groups is 1. The van der Waals surface area contributed by atoms with Crippen LogP contribution in [-0.2, 0) is 228 Å². The Morgan fingerprint density at radius 3 is 1.20 bits per heavy atom. The SMILES string of the molecule is COC1O[C@H](COS)C(O[C@@H]2O[C@@H](C(=O)O)[C@@H](OC3O[C@H](COS(=O)(=O)O)C(O[C@@H]4O[C@H](C(=O)O)[C@@H](OC5O[C@H](COS(=O)(=O)O)[C@@H](OC)[C@H](OC)[C@H]5NC(=O)COCCOCCOCCOCCOCCOCCOCc5cn(CCCCC/C=C/CO)nn5)[C@H](OC)[C@H]4OC)[C@H](OS(=O)(=O)O)[C@H]3OS(=O)(=O)O)[C@H](OC)[C@H]2OC)[C@H](OS(=O)(=O)O)[C@H]1OS(=O)(=O)O. The molecule has 0 saturated carbocycles. The van der Waals surface area contributed by atoms with Gasteiger partial charge in [0, 0.05) is 56.3 Å². The highest BCUT2D eigenvalue weighted by Crippen LogP contribution is 2.41. The summed E-state index contributed by atoms with van der Waals surface area (Å²) < 4.78 is 375. The molecule has 0 bridgehead atoms. The molecule has 1 amide bonds. The van der Waals surface area contributed by atoms with Crippen molar-refractivity contribution in [3.8, 4) is 0 Å². The summed E-state index contributed by atoms with van der Waals surface area (Å²) in [4.78, 5) is 41.0. The molecule has 5 aliphatic heterocycles. The van der Waals surface area contributed by atoms with Gasteiger partial charge in [0.05, 0.1) is 119 Å². The molecule has 1 aromatic rings. The van der Waals surface area contributed by atoms with E-state index in [1.807, 2.05) is 12.3 Å². The molecule has 65 heteroatoms. The normalized spacial score (nSPS) is 30.8. The Morgan fingerprint density at radius 1 is 0.417 bits per heavy atom. The van der Waals surface area contributed by atoms with E-state index in [-0.39, 0.29) is 59.5 Å². The number of carbonyl (C=O) groups is 3. The lowest BCUT2D eigenvalue weighted by Crippen LogP contribution is -2.70. The minimum absolute atomic E-state index is 0.0415. The van der Waals surface area contributed by atoms with Crippen molar-refractivity contribution in [3.05, 3.63) is 24.0 Å². The molecule has 0 aliphatic carbocycles. The maximum atomic E-state index is 13.8. The van der Waals surface area contributed by atoms with Crippen LogP contribution in [0.2, 0.25) is 0 Å². The van der Waals surface area contributed by atoms with Crippen LogP contribution in [-0.4, -0.2) is 442 Å². The first-order valence-electron chi connectivity index (χ1n) is 37.6. The summed E-state index contributed by atoms with van der Waals surface area (Å²) in [5, 5.41) is 41.4. The smallest absolute Gasteiger partial charge is 0.397 e. The summed E-state index contributed by atoms with van der Waals surface area (Å²) in [6, 6.07) is -1.72. The van der Waals surface area contributed by atoms with E-state index < -0.39 is 260 Å². The monoisotopic (exact) mass is 1990 g/mol. The number of aliphatic carboxylic acids is 2. The van der Waals surface area contributed by atoms with E-state index in [0.717, 1.165) is 82.0 Å². The number of methoxy groups -OCH3 is 7. The van der Waals surface area contributed by atoms with Crippen LogP contribution in [0.15, 0.2) is 18.3 Å². The number of ether oxygens (including phenoxy) is 23. The Morgan fingerprint density at radius 2 is 0.795 bits per heavy atom. The number of amides is 1. The van der Waals surface area contributed by atoms with Crippen molar-refractivity contribution in [1.82, 2.24) is 20.3 Å². The number of carboxylic acids is 2. The quantitative estimate of drug-likeness (QED) is 0.00950. The summed E-state index contributed by atoms with van der Waals surface area (Å²) in [6.07, 6.45) is -47.3. The summed E-state index contributed by atoms with van der Waals surface area (Å²) >= 11 is 3.63.